The molecule has 2 heteroatoms. The highest BCUT2D eigenvalue weighted by Crippen LogP contribution is 2.38. The molecule has 4 N–H and O–H groups in total. The maximum absolute atomic E-state index is 6.60. The van der Waals surface area contributed by atoms with Gasteiger partial charge in [-0.1, -0.05) is 109 Å². The van der Waals surface area contributed by atoms with Crippen molar-refractivity contribution >= 4 is 22.5 Å². The van der Waals surface area contributed by atoms with E-state index >= 15 is 0 Å². The van der Waals surface area contributed by atoms with Crippen LogP contribution in [-0.2, 0) is 0 Å². The van der Waals surface area contributed by atoms with Gasteiger partial charge >= 0.3 is 0 Å². The van der Waals surface area contributed by atoms with Crippen LogP contribution in [0.1, 0.15) is 36.1 Å². The first-order valence-corrected chi connectivity index (χ1v) is 9.92. The lowest BCUT2D eigenvalue weighted by Gasteiger charge is -2.18. The molecular formula is C28H28N2. The van der Waals surface area contributed by atoms with Crippen molar-refractivity contribution in [3.05, 3.63) is 132 Å². The van der Waals surface area contributed by atoms with Gasteiger partial charge in [-0.25, -0.2) is 0 Å². The van der Waals surface area contributed by atoms with Crippen LogP contribution in [0.3, 0.4) is 0 Å². The third kappa shape index (κ3) is 4.61. The first kappa shape index (κ1) is 20.9. The molecule has 0 radical (unpaired) electrons. The Morgan fingerprint density at radius 1 is 0.600 bits per heavy atom. The highest BCUT2D eigenvalue weighted by molar-refractivity contribution is 5.96. The van der Waals surface area contributed by atoms with Crippen LogP contribution in [0.15, 0.2) is 109 Å². The highest BCUT2D eigenvalue weighted by Gasteiger charge is 2.16. The summed E-state index contributed by atoms with van der Waals surface area (Å²) in [5.74, 6) is 0. The second-order valence-electron chi connectivity index (χ2n) is 7.53. The number of hydrogen-bond donors (Lipinski definition) is 2. The van der Waals surface area contributed by atoms with Gasteiger partial charge in [0, 0.05) is 11.1 Å². The van der Waals surface area contributed by atoms with E-state index < -0.39 is 0 Å². The highest BCUT2D eigenvalue weighted by atomic mass is 14.7. The summed E-state index contributed by atoms with van der Waals surface area (Å²) >= 11 is 0. The molecule has 3 aromatic rings. The van der Waals surface area contributed by atoms with Gasteiger partial charge in [-0.2, -0.15) is 0 Å². The molecule has 0 spiro atoms. The van der Waals surface area contributed by atoms with Gasteiger partial charge in [0.1, 0.15) is 0 Å². The molecule has 0 fully saturated rings. The quantitative estimate of drug-likeness (QED) is 0.355. The Morgan fingerprint density at radius 2 is 0.933 bits per heavy atom. The number of nitrogens with two attached hydrogens (primary N) is 2. The van der Waals surface area contributed by atoms with Gasteiger partial charge in [-0.05, 0) is 36.1 Å². The molecule has 0 aliphatic carbocycles. The molecule has 3 rings (SSSR count). The van der Waals surface area contributed by atoms with Crippen LogP contribution < -0.4 is 11.5 Å². The molecule has 2 nitrogen and oxygen atoms in total. The fraction of sp³-hybridized carbons (Fsp3) is 0.0714. The summed E-state index contributed by atoms with van der Waals surface area (Å²) in [6.45, 7) is 12.0. The van der Waals surface area contributed by atoms with Gasteiger partial charge in [0.2, 0.25) is 0 Å². The standard InChI is InChI=1S/C28H28N2/c1-19(2)17-25(21-11-7-5-8-12-21)23-15-16-24(28(30)27(23)29)26(18-20(3)4)22-13-9-6-10-14-22/h5-18H,1,3,29-30H2,2,4H3/b25-17-,26-18-. The molecule has 0 heterocycles. The molecule has 0 amide bonds. The number of benzene rings is 3. The Bertz CT molecular complexity index is 1040. The number of nitrogen functional groups attached to an aromatic ring is 2. The van der Waals surface area contributed by atoms with Crippen molar-refractivity contribution in [3.63, 3.8) is 0 Å². The molecule has 0 aromatic heterocycles. The van der Waals surface area contributed by atoms with Crippen LogP contribution in [0, 0.1) is 0 Å². The minimum absolute atomic E-state index is 0.562. The zero-order valence-corrected chi connectivity index (χ0v) is 17.7. The Hall–Kier alpha value is -3.78. The van der Waals surface area contributed by atoms with E-state index in [9.17, 15) is 0 Å². The normalized spacial score (nSPS) is 11.9. The van der Waals surface area contributed by atoms with Crippen molar-refractivity contribution in [1.82, 2.24) is 0 Å². The van der Waals surface area contributed by atoms with E-state index in [1.54, 1.807) is 0 Å². The topological polar surface area (TPSA) is 52.0 Å². The average molecular weight is 393 g/mol. The Balaban J connectivity index is 2.20. The summed E-state index contributed by atoms with van der Waals surface area (Å²) in [6.07, 6.45) is 4.09. The van der Waals surface area contributed by atoms with E-state index in [0.717, 1.165) is 44.5 Å². The molecule has 0 aliphatic heterocycles. The molecule has 3 aromatic carbocycles. The van der Waals surface area contributed by atoms with Crippen molar-refractivity contribution in [3.8, 4) is 0 Å². The van der Waals surface area contributed by atoms with Gasteiger partial charge in [0.15, 0.2) is 0 Å². The molecular weight excluding hydrogens is 364 g/mol. The third-order valence-corrected chi connectivity index (χ3v) is 4.82. The van der Waals surface area contributed by atoms with Crippen LogP contribution >= 0.6 is 0 Å². The maximum Gasteiger partial charge on any atom is 0.0634 e. The van der Waals surface area contributed by atoms with Crippen molar-refractivity contribution in [2.24, 2.45) is 0 Å². The predicted octanol–water partition coefficient (Wildman–Crippen LogP) is 6.87. The third-order valence-electron chi connectivity index (χ3n) is 4.82. The van der Waals surface area contributed by atoms with Crippen LogP contribution in [-0.4, -0.2) is 0 Å². The lowest BCUT2D eigenvalue weighted by atomic mass is 9.89. The lowest BCUT2D eigenvalue weighted by molar-refractivity contribution is 1.47. The first-order valence-electron chi connectivity index (χ1n) is 9.92. The summed E-state index contributed by atoms with van der Waals surface area (Å²) in [7, 11) is 0. The Morgan fingerprint density at radius 3 is 1.23 bits per heavy atom. The van der Waals surface area contributed by atoms with Crippen molar-refractivity contribution in [1.29, 1.82) is 0 Å². The molecule has 0 unspecified atom stereocenters. The van der Waals surface area contributed by atoms with Crippen LogP contribution in [0.2, 0.25) is 0 Å². The second-order valence-corrected chi connectivity index (χ2v) is 7.53. The van der Waals surface area contributed by atoms with E-state index in [0.29, 0.717) is 11.4 Å². The average Bonchev–Trinajstić information content (AvgIpc) is 2.74. The number of anilines is 2. The van der Waals surface area contributed by atoms with E-state index in [1.165, 1.54) is 0 Å². The molecule has 0 atom stereocenters. The fourth-order valence-corrected chi connectivity index (χ4v) is 3.47. The monoisotopic (exact) mass is 392 g/mol. The van der Waals surface area contributed by atoms with Gasteiger partial charge in [0.05, 0.1) is 11.4 Å². The minimum Gasteiger partial charge on any atom is -0.397 e. The molecule has 0 saturated heterocycles. The van der Waals surface area contributed by atoms with Gasteiger partial charge < -0.3 is 11.5 Å². The van der Waals surface area contributed by atoms with Crippen LogP contribution in [0.5, 0.6) is 0 Å². The van der Waals surface area contributed by atoms with Crippen LogP contribution in [0.25, 0.3) is 11.1 Å². The summed E-state index contributed by atoms with van der Waals surface area (Å²) in [4.78, 5) is 0. The van der Waals surface area contributed by atoms with Crippen molar-refractivity contribution in [2.45, 2.75) is 13.8 Å². The van der Waals surface area contributed by atoms with Gasteiger partial charge in [0.25, 0.3) is 0 Å². The second kappa shape index (κ2) is 9.15. The minimum atomic E-state index is 0.562. The lowest BCUT2D eigenvalue weighted by Crippen LogP contribution is -2.05. The predicted molar refractivity (Wildman–Crippen MR) is 132 cm³/mol. The van der Waals surface area contributed by atoms with E-state index in [2.05, 4.69) is 37.4 Å². The number of rotatable bonds is 6. The summed E-state index contributed by atoms with van der Waals surface area (Å²) in [5.41, 5.74) is 22.2. The smallest absolute Gasteiger partial charge is 0.0634 e. The molecule has 30 heavy (non-hydrogen) atoms. The molecule has 0 aliphatic rings. The number of allylic oxidation sites excluding steroid dienone is 4. The zero-order valence-electron chi connectivity index (χ0n) is 17.7. The number of hydrogen-bond acceptors (Lipinski definition) is 2. The fourth-order valence-electron chi connectivity index (χ4n) is 3.47. The van der Waals surface area contributed by atoms with E-state index in [4.69, 9.17) is 11.5 Å². The summed E-state index contributed by atoms with van der Waals surface area (Å²) in [5, 5.41) is 0. The maximum atomic E-state index is 6.60. The Kier molecular flexibility index (Phi) is 6.38. The molecule has 0 saturated carbocycles. The van der Waals surface area contributed by atoms with Crippen molar-refractivity contribution < 1.29 is 0 Å². The van der Waals surface area contributed by atoms with Crippen LogP contribution in [0.4, 0.5) is 11.4 Å². The van der Waals surface area contributed by atoms with Crippen molar-refractivity contribution in [2.75, 3.05) is 11.5 Å². The van der Waals surface area contributed by atoms with Gasteiger partial charge in [-0.3, -0.25) is 0 Å². The zero-order chi connectivity index (χ0) is 21.7. The summed E-state index contributed by atoms with van der Waals surface area (Å²) < 4.78 is 0. The largest absolute Gasteiger partial charge is 0.397 e. The van der Waals surface area contributed by atoms with Gasteiger partial charge in [-0.15, -0.1) is 0 Å². The summed E-state index contributed by atoms with van der Waals surface area (Å²) in [6, 6.07) is 24.4. The van der Waals surface area contributed by atoms with E-state index in [1.807, 2.05) is 74.5 Å². The Labute approximate surface area is 179 Å². The van der Waals surface area contributed by atoms with E-state index in [-0.39, 0.29) is 0 Å². The molecule has 0 bridgehead atoms. The first-order chi connectivity index (χ1) is 14.4. The SMILES string of the molecule is C=C(C)/C=C(/c1ccccc1)c1ccc(/C(=C\C(=C)C)c2ccccc2)c(N)c1N. The molecule has 150 valence electrons.